The average Bonchev–Trinajstić information content (AvgIpc) is 3.15. The van der Waals surface area contributed by atoms with Crippen molar-refractivity contribution in [2.75, 3.05) is 31.2 Å². The molecule has 2 aliphatic rings. The minimum absolute atomic E-state index is 0.269. The summed E-state index contributed by atoms with van der Waals surface area (Å²) in [5, 5.41) is 4.36. The molecule has 0 bridgehead atoms. The molecule has 7 nitrogen and oxygen atoms in total. The van der Waals surface area contributed by atoms with Crippen LogP contribution in [0.4, 0.5) is 5.69 Å². The summed E-state index contributed by atoms with van der Waals surface area (Å²) in [6, 6.07) is 1.35. The number of nitrogens with zero attached hydrogens (tertiary/aromatic N) is 3. The Morgan fingerprint density at radius 2 is 2.09 bits per heavy atom. The van der Waals surface area contributed by atoms with E-state index in [-0.39, 0.29) is 6.04 Å². The fourth-order valence-corrected chi connectivity index (χ4v) is 4.49. The summed E-state index contributed by atoms with van der Waals surface area (Å²) >= 11 is 0. The summed E-state index contributed by atoms with van der Waals surface area (Å²) in [5.41, 5.74) is 0.523. The van der Waals surface area contributed by atoms with Crippen molar-refractivity contribution in [3.63, 3.8) is 0 Å². The Hall–Kier alpha value is -1.12. The van der Waals surface area contributed by atoms with E-state index in [1.807, 2.05) is 4.68 Å². The molecule has 1 saturated carbocycles. The first-order chi connectivity index (χ1) is 11.0. The van der Waals surface area contributed by atoms with Gasteiger partial charge in [-0.25, -0.2) is 8.42 Å². The van der Waals surface area contributed by atoms with Crippen LogP contribution in [0.15, 0.2) is 12.4 Å². The van der Waals surface area contributed by atoms with Crippen molar-refractivity contribution in [2.45, 2.75) is 50.2 Å². The maximum absolute atomic E-state index is 11.3. The monoisotopic (exact) mass is 342 g/mol. The van der Waals surface area contributed by atoms with E-state index in [1.54, 1.807) is 19.5 Å². The van der Waals surface area contributed by atoms with Crippen molar-refractivity contribution < 1.29 is 13.2 Å². The lowest BCUT2D eigenvalue weighted by Crippen LogP contribution is -2.40. The van der Waals surface area contributed by atoms with Gasteiger partial charge in [-0.3, -0.25) is 14.3 Å². The third-order valence-corrected chi connectivity index (χ3v) is 5.47. The molecule has 1 aliphatic carbocycles. The number of hydrogen-bond acceptors (Lipinski definition) is 5. The highest BCUT2D eigenvalue weighted by Crippen LogP contribution is 2.34. The highest BCUT2D eigenvalue weighted by molar-refractivity contribution is 7.92. The molecule has 0 amide bonds. The van der Waals surface area contributed by atoms with Crippen molar-refractivity contribution in [1.29, 1.82) is 0 Å². The first kappa shape index (κ1) is 16.7. The van der Waals surface area contributed by atoms with Gasteiger partial charge >= 0.3 is 0 Å². The van der Waals surface area contributed by atoms with Crippen LogP contribution in [0.25, 0.3) is 0 Å². The number of ether oxygens (including phenoxy) is 1. The lowest BCUT2D eigenvalue weighted by molar-refractivity contribution is 0.0901. The summed E-state index contributed by atoms with van der Waals surface area (Å²) in [7, 11) is -1.51. The summed E-state index contributed by atoms with van der Waals surface area (Å²) in [6.45, 7) is 1.70. The fourth-order valence-electron chi connectivity index (χ4n) is 3.95. The minimum Gasteiger partial charge on any atom is -0.383 e. The standard InChI is InChI=1S/C15H26N4O3S/c1-22-11-15-7-14(10-18(15)13-5-3-4-6-13)19-9-12(8-16-19)17-23(2,20)21/h8-9,13-15,17H,3-7,10-11H2,1-2H3/t14-,15-/m0/s1. The van der Waals surface area contributed by atoms with Gasteiger partial charge in [0.25, 0.3) is 0 Å². The molecule has 2 heterocycles. The van der Waals surface area contributed by atoms with Crippen molar-refractivity contribution in [1.82, 2.24) is 14.7 Å². The molecule has 2 fully saturated rings. The molecule has 1 aliphatic heterocycles. The molecule has 2 atom stereocenters. The molecular formula is C15H26N4O3S. The summed E-state index contributed by atoms with van der Waals surface area (Å²) in [5.74, 6) is 0. The molecule has 0 aromatic carbocycles. The van der Waals surface area contributed by atoms with Crippen molar-refractivity contribution in [3.05, 3.63) is 12.4 Å². The molecular weight excluding hydrogens is 316 g/mol. The van der Waals surface area contributed by atoms with Crippen molar-refractivity contribution >= 4 is 15.7 Å². The third-order valence-electron chi connectivity index (χ3n) is 4.87. The second-order valence-electron chi connectivity index (χ2n) is 6.72. The molecule has 0 unspecified atom stereocenters. The molecule has 1 N–H and O–H groups in total. The van der Waals surface area contributed by atoms with Gasteiger partial charge in [0, 0.05) is 31.9 Å². The zero-order valence-corrected chi connectivity index (χ0v) is 14.6. The van der Waals surface area contributed by atoms with E-state index in [2.05, 4.69) is 14.7 Å². The summed E-state index contributed by atoms with van der Waals surface area (Å²) in [4.78, 5) is 2.58. The van der Waals surface area contributed by atoms with Crippen LogP contribution in [0.2, 0.25) is 0 Å². The van der Waals surface area contributed by atoms with Crippen LogP contribution in [-0.2, 0) is 14.8 Å². The normalized spacial score (nSPS) is 26.9. The predicted molar refractivity (Wildman–Crippen MR) is 89.0 cm³/mol. The van der Waals surface area contributed by atoms with E-state index in [0.717, 1.165) is 25.8 Å². The lowest BCUT2D eigenvalue weighted by atomic mass is 10.1. The van der Waals surface area contributed by atoms with Crippen LogP contribution < -0.4 is 4.72 Å². The van der Waals surface area contributed by atoms with Crippen LogP contribution in [0, 0.1) is 0 Å². The third kappa shape index (κ3) is 4.05. The first-order valence-corrected chi connectivity index (χ1v) is 10.1. The van der Waals surface area contributed by atoms with Gasteiger partial charge in [-0.05, 0) is 19.3 Å². The van der Waals surface area contributed by atoms with E-state index in [9.17, 15) is 8.42 Å². The van der Waals surface area contributed by atoms with Crippen LogP contribution in [0.1, 0.15) is 38.1 Å². The average molecular weight is 342 g/mol. The van der Waals surface area contributed by atoms with Gasteiger partial charge in [0.05, 0.1) is 30.8 Å². The van der Waals surface area contributed by atoms with Gasteiger partial charge in [0.2, 0.25) is 10.0 Å². The molecule has 0 spiro atoms. The maximum Gasteiger partial charge on any atom is 0.229 e. The van der Waals surface area contributed by atoms with E-state index in [1.165, 1.54) is 25.7 Å². The molecule has 1 aromatic heterocycles. The second-order valence-corrected chi connectivity index (χ2v) is 8.47. The van der Waals surface area contributed by atoms with Gasteiger partial charge in [-0.15, -0.1) is 0 Å². The molecule has 3 rings (SSSR count). The summed E-state index contributed by atoms with van der Waals surface area (Å²) in [6.07, 6.45) is 10.7. The Morgan fingerprint density at radius 3 is 2.74 bits per heavy atom. The number of rotatable bonds is 6. The molecule has 0 radical (unpaired) electrons. The number of hydrogen-bond donors (Lipinski definition) is 1. The van der Waals surface area contributed by atoms with Gasteiger partial charge in [-0.1, -0.05) is 12.8 Å². The SMILES string of the molecule is COC[C@@H]1C[C@H](n2cc(NS(C)(=O)=O)cn2)CN1C1CCCC1. The molecule has 1 aromatic rings. The predicted octanol–water partition coefficient (Wildman–Crippen LogP) is 1.46. The zero-order chi connectivity index (χ0) is 16.4. The number of likely N-dealkylation sites (tertiary alicyclic amines) is 1. The van der Waals surface area contributed by atoms with Crippen molar-refractivity contribution in [3.8, 4) is 0 Å². The number of aromatic nitrogens is 2. The van der Waals surface area contributed by atoms with Gasteiger partial charge in [-0.2, -0.15) is 5.10 Å². The number of sulfonamides is 1. The molecule has 1 saturated heterocycles. The van der Waals surface area contributed by atoms with E-state index >= 15 is 0 Å². The fraction of sp³-hybridized carbons (Fsp3) is 0.800. The first-order valence-electron chi connectivity index (χ1n) is 8.23. The van der Waals surface area contributed by atoms with Crippen molar-refractivity contribution in [2.24, 2.45) is 0 Å². The summed E-state index contributed by atoms with van der Waals surface area (Å²) < 4.78 is 32.4. The Bertz CT molecular complexity index is 624. The number of nitrogens with one attached hydrogen (secondary N) is 1. The lowest BCUT2D eigenvalue weighted by Gasteiger charge is -2.29. The quantitative estimate of drug-likeness (QED) is 0.847. The topological polar surface area (TPSA) is 76.5 Å². The number of anilines is 1. The Kier molecular flexibility index (Phi) is 4.93. The van der Waals surface area contributed by atoms with Crippen LogP contribution in [-0.4, -0.2) is 61.7 Å². The van der Waals surface area contributed by atoms with Crippen LogP contribution >= 0.6 is 0 Å². The smallest absolute Gasteiger partial charge is 0.229 e. The second kappa shape index (κ2) is 6.78. The van der Waals surface area contributed by atoms with E-state index in [0.29, 0.717) is 17.8 Å². The van der Waals surface area contributed by atoms with Crippen LogP contribution in [0.5, 0.6) is 0 Å². The minimum atomic E-state index is -3.26. The van der Waals surface area contributed by atoms with E-state index in [4.69, 9.17) is 4.74 Å². The van der Waals surface area contributed by atoms with Crippen LogP contribution in [0.3, 0.4) is 0 Å². The molecule has 130 valence electrons. The number of methoxy groups -OCH3 is 1. The highest BCUT2D eigenvalue weighted by atomic mass is 32.2. The Morgan fingerprint density at radius 1 is 1.35 bits per heavy atom. The molecule has 23 heavy (non-hydrogen) atoms. The Labute approximate surface area is 138 Å². The zero-order valence-electron chi connectivity index (χ0n) is 13.8. The van der Waals surface area contributed by atoms with Gasteiger partial charge in [0.1, 0.15) is 0 Å². The maximum atomic E-state index is 11.3. The Balaban J connectivity index is 1.70. The largest absolute Gasteiger partial charge is 0.383 e. The molecule has 8 heteroatoms. The van der Waals surface area contributed by atoms with Gasteiger partial charge < -0.3 is 4.74 Å². The van der Waals surface area contributed by atoms with Gasteiger partial charge in [0.15, 0.2) is 0 Å². The highest BCUT2D eigenvalue weighted by Gasteiger charge is 2.38. The van der Waals surface area contributed by atoms with E-state index < -0.39 is 10.0 Å².